The number of hydrogen-bond acceptors (Lipinski definition) is 5. The molecule has 1 amide bonds. The minimum atomic E-state index is -3.73. The fourth-order valence-corrected chi connectivity index (χ4v) is 4.30. The van der Waals surface area contributed by atoms with Crippen molar-refractivity contribution in [1.29, 1.82) is 0 Å². The Balaban J connectivity index is 1.93. The van der Waals surface area contributed by atoms with Crippen LogP contribution in [0, 0.1) is 5.82 Å². The van der Waals surface area contributed by atoms with Crippen LogP contribution in [0.15, 0.2) is 47.4 Å². The maximum absolute atomic E-state index is 13.0. The third-order valence-corrected chi connectivity index (χ3v) is 6.81. The van der Waals surface area contributed by atoms with Crippen LogP contribution in [-0.4, -0.2) is 57.9 Å². The molecule has 0 bridgehead atoms. The van der Waals surface area contributed by atoms with Crippen LogP contribution in [0.4, 0.5) is 4.39 Å². The van der Waals surface area contributed by atoms with Gasteiger partial charge in [-0.2, -0.15) is 0 Å². The molecule has 0 fully saturated rings. The average Bonchev–Trinajstić information content (AvgIpc) is 2.77. The largest absolute Gasteiger partial charge is 0.493 e. The minimum absolute atomic E-state index is 0.0198. The van der Waals surface area contributed by atoms with E-state index in [1.807, 2.05) is 19.1 Å². The molecular weight excluding hydrogens is 423 g/mol. The Morgan fingerprint density at radius 3 is 2.26 bits per heavy atom. The van der Waals surface area contributed by atoms with Crippen LogP contribution in [0.5, 0.6) is 11.5 Å². The highest BCUT2D eigenvalue weighted by Crippen LogP contribution is 2.28. The van der Waals surface area contributed by atoms with E-state index in [2.05, 4.69) is 0 Å². The highest BCUT2D eigenvalue weighted by Gasteiger charge is 2.21. The van der Waals surface area contributed by atoms with E-state index in [0.29, 0.717) is 31.0 Å². The van der Waals surface area contributed by atoms with Crippen molar-refractivity contribution in [3.63, 3.8) is 0 Å². The number of hydrogen-bond donors (Lipinski definition) is 0. The second-order valence-electron chi connectivity index (χ2n) is 6.98. The molecule has 0 aliphatic heterocycles. The number of amides is 1. The van der Waals surface area contributed by atoms with E-state index in [4.69, 9.17) is 9.47 Å². The van der Waals surface area contributed by atoms with Gasteiger partial charge in [0, 0.05) is 33.1 Å². The molecule has 7 nitrogen and oxygen atoms in total. The number of carbonyl (C=O) groups is 1. The van der Waals surface area contributed by atoms with Crippen molar-refractivity contribution in [2.75, 3.05) is 34.4 Å². The molecule has 2 rings (SSSR count). The third kappa shape index (κ3) is 6.41. The fraction of sp³-hybridized carbons (Fsp3) is 0.409. The summed E-state index contributed by atoms with van der Waals surface area (Å²) in [5.41, 5.74) is 0.906. The summed E-state index contributed by atoms with van der Waals surface area (Å²) in [6.45, 7) is 3.01. The molecule has 0 atom stereocenters. The van der Waals surface area contributed by atoms with Gasteiger partial charge in [-0.05, 0) is 55.3 Å². The van der Waals surface area contributed by atoms with E-state index < -0.39 is 15.8 Å². The first kappa shape index (κ1) is 24.6. The number of sulfonamides is 1. The van der Waals surface area contributed by atoms with Gasteiger partial charge in [0.05, 0.1) is 19.1 Å². The van der Waals surface area contributed by atoms with Gasteiger partial charge >= 0.3 is 0 Å². The molecule has 0 unspecified atom stereocenters. The van der Waals surface area contributed by atoms with Crippen molar-refractivity contribution < 1.29 is 27.1 Å². The Bertz CT molecular complexity index is 980. The molecule has 0 spiro atoms. The maximum atomic E-state index is 13.0. The summed E-state index contributed by atoms with van der Waals surface area (Å²) in [5, 5.41) is 0. The van der Waals surface area contributed by atoms with Gasteiger partial charge in [0.25, 0.3) is 0 Å². The number of carbonyl (C=O) groups excluding carboxylic acids is 1. The molecule has 0 N–H and O–H groups in total. The summed E-state index contributed by atoms with van der Waals surface area (Å²) in [7, 11) is 0.841. The zero-order chi connectivity index (χ0) is 23.0. The molecule has 0 aliphatic carbocycles. The number of ether oxygens (including phenoxy) is 2. The minimum Gasteiger partial charge on any atom is -0.493 e. The fourth-order valence-electron chi connectivity index (χ4n) is 3.09. The lowest BCUT2D eigenvalue weighted by Crippen LogP contribution is -2.32. The summed E-state index contributed by atoms with van der Waals surface area (Å²) in [4.78, 5) is 14.4. The van der Waals surface area contributed by atoms with Crippen molar-refractivity contribution in [3.8, 4) is 11.5 Å². The Morgan fingerprint density at radius 1 is 1.03 bits per heavy atom. The van der Waals surface area contributed by atoms with Gasteiger partial charge in [-0.15, -0.1) is 0 Å². The van der Waals surface area contributed by atoms with E-state index in [-0.39, 0.29) is 23.8 Å². The standard InChI is InChI=1S/C22H29FN2O5S/c1-5-25(16-17-8-13-20(29-3)21(15-17)30-4)22(26)7-6-14-24(2)31(27,28)19-11-9-18(23)10-12-19/h8-13,15H,5-7,14,16H2,1-4H3. The highest BCUT2D eigenvalue weighted by atomic mass is 32.2. The van der Waals surface area contributed by atoms with E-state index in [1.54, 1.807) is 25.2 Å². The third-order valence-electron chi connectivity index (χ3n) is 4.94. The van der Waals surface area contributed by atoms with Gasteiger partial charge < -0.3 is 14.4 Å². The molecule has 0 radical (unpaired) electrons. The second kappa shape index (κ2) is 11.1. The average molecular weight is 453 g/mol. The number of halogens is 1. The lowest BCUT2D eigenvalue weighted by atomic mass is 10.1. The molecule has 9 heteroatoms. The lowest BCUT2D eigenvalue weighted by Gasteiger charge is -2.22. The summed E-state index contributed by atoms with van der Waals surface area (Å²) < 4.78 is 49.9. The normalized spacial score (nSPS) is 11.4. The van der Waals surface area contributed by atoms with Gasteiger partial charge in [-0.3, -0.25) is 4.79 Å². The molecule has 31 heavy (non-hydrogen) atoms. The first-order valence-electron chi connectivity index (χ1n) is 9.93. The van der Waals surface area contributed by atoms with Gasteiger partial charge in [-0.25, -0.2) is 17.1 Å². The van der Waals surface area contributed by atoms with Gasteiger partial charge in [-0.1, -0.05) is 6.07 Å². The molecule has 0 saturated heterocycles. The van der Waals surface area contributed by atoms with Crippen molar-refractivity contribution >= 4 is 15.9 Å². The van der Waals surface area contributed by atoms with Crippen LogP contribution in [0.1, 0.15) is 25.3 Å². The second-order valence-corrected chi connectivity index (χ2v) is 9.03. The smallest absolute Gasteiger partial charge is 0.242 e. The molecule has 0 aliphatic rings. The topological polar surface area (TPSA) is 76.2 Å². The Hall–Kier alpha value is -2.65. The number of methoxy groups -OCH3 is 2. The molecule has 2 aromatic carbocycles. The first-order chi connectivity index (χ1) is 14.7. The summed E-state index contributed by atoms with van der Waals surface area (Å²) in [6, 6.07) is 10.2. The van der Waals surface area contributed by atoms with Crippen LogP contribution in [0.3, 0.4) is 0 Å². The van der Waals surface area contributed by atoms with Crippen molar-refractivity contribution in [3.05, 3.63) is 53.8 Å². The zero-order valence-electron chi connectivity index (χ0n) is 18.3. The predicted molar refractivity (Wildman–Crippen MR) is 116 cm³/mol. The number of rotatable bonds is 11. The summed E-state index contributed by atoms with van der Waals surface area (Å²) >= 11 is 0. The molecule has 0 saturated carbocycles. The molecular formula is C22H29FN2O5S. The lowest BCUT2D eigenvalue weighted by molar-refractivity contribution is -0.131. The van der Waals surface area contributed by atoms with Crippen LogP contribution in [0.2, 0.25) is 0 Å². The monoisotopic (exact) mass is 452 g/mol. The zero-order valence-corrected chi connectivity index (χ0v) is 19.1. The number of nitrogens with zero attached hydrogens (tertiary/aromatic N) is 2. The van der Waals surface area contributed by atoms with Crippen LogP contribution < -0.4 is 9.47 Å². The van der Waals surface area contributed by atoms with Crippen LogP contribution in [0.25, 0.3) is 0 Å². The summed E-state index contributed by atoms with van der Waals surface area (Å²) in [5.74, 6) is 0.647. The summed E-state index contributed by atoms with van der Waals surface area (Å²) in [6.07, 6.45) is 0.586. The molecule has 0 aromatic heterocycles. The molecule has 2 aromatic rings. The van der Waals surface area contributed by atoms with Crippen LogP contribution >= 0.6 is 0 Å². The van der Waals surface area contributed by atoms with Crippen molar-refractivity contribution in [2.45, 2.75) is 31.2 Å². The van der Waals surface area contributed by atoms with E-state index >= 15 is 0 Å². The van der Waals surface area contributed by atoms with Gasteiger partial charge in [0.15, 0.2) is 11.5 Å². The Labute approximate surface area is 183 Å². The van der Waals surface area contributed by atoms with Gasteiger partial charge in [0.1, 0.15) is 5.82 Å². The van der Waals surface area contributed by atoms with E-state index in [0.717, 1.165) is 17.7 Å². The van der Waals surface area contributed by atoms with E-state index in [9.17, 15) is 17.6 Å². The SMILES string of the molecule is CCN(Cc1ccc(OC)c(OC)c1)C(=O)CCCN(C)S(=O)(=O)c1ccc(F)cc1. The van der Waals surface area contributed by atoms with Gasteiger partial charge in [0.2, 0.25) is 15.9 Å². The predicted octanol–water partition coefficient (Wildman–Crippen LogP) is 3.29. The number of benzene rings is 2. The molecule has 170 valence electrons. The van der Waals surface area contributed by atoms with Crippen LogP contribution in [-0.2, 0) is 21.4 Å². The molecule has 0 heterocycles. The first-order valence-corrected chi connectivity index (χ1v) is 11.4. The quantitative estimate of drug-likeness (QED) is 0.523. The maximum Gasteiger partial charge on any atom is 0.242 e. The Morgan fingerprint density at radius 2 is 1.68 bits per heavy atom. The van der Waals surface area contributed by atoms with Crippen molar-refractivity contribution in [1.82, 2.24) is 9.21 Å². The highest BCUT2D eigenvalue weighted by molar-refractivity contribution is 7.89. The van der Waals surface area contributed by atoms with Crippen molar-refractivity contribution in [2.24, 2.45) is 0 Å². The van der Waals surface area contributed by atoms with E-state index in [1.165, 1.54) is 23.5 Å². The Kier molecular flexibility index (Phi) is 8.82.